The summed E-state index contributed by atoms with van der Waals surface area (Å²) in [7, 11) is 0. The largest absolute Gasteiger partial charge is 0.489 e. The molecule has 0 bridgehead atoms. The lowest BCUT2D eigenvalue weighted by molar-refractivity contribution is -0.145. The molecule has 0 heterocycles. The van der Waals surface area contributed by atoms with Gasteiger partial charge in [-0.25, -0.2) is 0 Å². The predicted octanol–water partition coefficient (Wildman–Crippen LogP) is 2.91. The highest BCUT2D eigenvalue weighted by Gasteiger charge is 2.37. The molecular formula is C16H21NO4. The van der Waals surface area contributed by atoms with Gasteiger partial charge in [0.05, 0.1) is 23.6 Å². The molecule has 2 rings (SSSR count). The Morgan fingerprint density at radius 3 is 2.57 bits per heavy atom. The van der Waals surface area contributed by atoms with Gasteiger partial charge in [-0.05, 0) is 38.8 Å². The van der Waals surface area contributed by atoms with E-state index in [1.165, 1.54) is 0 Å². The van der Waals surface area contributed by atoms with E-state index in [0.717, 1.165) is 6.42 Å². The summed E-state index contributed by atoms with van der Waals surface area (Å²) in [5.74, 6) is -1.57. The van der Waals surface area contributed by atoms with E-state index in [2.05, 4.69) is 5.32 Å². The molecule has 0 aromatic heterocycles. The quantitative estimate of drug-likeness (QED) is 0.874. The fourth-order valence-electron chi connectivity index (χ4n) is 2.72. The van der Waals surface area contributed by atoms with Crippen molar-refractivity contribution in [3.63, 3.8) is 0 Å². The molecule has 0 aliphatic heterocycles. The molecule has 5 heteroatoms. The monoisotopic (exact) mass is 291 g/mol. The third-order valence-corrected chi connectivity index (χ3v) is 3.68. The van der Waals surface area contributed by atoms with Gasteiger partial charge >= 0.3 is 5.97 Å². The average Bonchev–Trinajstić information content (AvgIpc) is 2.90. The van der Waals surface area contributed by atoms with Crippen molar-refractivity contribution in [3.8, 4) is 5.75 Å². The standard InChI is InChI=1S/C16H21NO4/c1-10(2)21-14-9-4-3-8-13(14)17-15(18)11-6-5-7-12(11)16(19)20/h3-4,8-12H,5-7H2,1-2H3,(H,17,18)(H,19,20). The number of amides is 1. The van der Waals surface area contributed by atoms with Crippen molar-refractivity contribution in [2.45, 2.75) is 39.2 Å². The molecule has 1 aliphatic rings. The minimum atomic E-state index is -0.889. The molecule has 114 valence electrons. The predicted molar refractivity (Wildman–Crippen MR) is 79.3 cm³/mol. The van der Waals surface area contributed by atoms with Crippen molar-refractivity contribution in [2.24, 2.45) is 11.8 Å². The maximum atomic E-state index is 12.3. The van der Waals surface area contributed by atoms with Gasteiger partial charge < -0.3 is 15.2 Å². The van der Waals surface area contributed by atoms with E-state index in [4.69, 9.17) is 9.84 Å². The second kappa shape index (κ2) is 6.61. The molecule has 1 aromatic rings. The Hall–Kier alpha value is -2.04. The second-order valence-corrected chi connectivity index (χ2v) is 5.63. The Balaban J connectivity index is 2.11. The van der Waals surface area contributed by atoms with E-state index >= 15 is 0 Å². The van der Waals surface area contributed by atoms with E-state index in [-0.39, 0.29) is 12.0 Å². The van der Waals surface area contributed by atoms with E-state index in [1.54, 1.807) is 12.1 Å². The Morgan fingerprint density at radius 2 is 1.90 bits per heavy atom. The van der Waals surface area contributed by atoms with Crippen molar-refractivity contribution in [3.05, 3.63) is 24.3 Å². The van der Waals surface area contributed by atoms with Crippen LogP contribution in [0.4, 0.5) is 5.69 Å². The summed E-state index contributed by atoms with van der Waals surface area (Å²) in [6, 6.07) is 7.20. The van der Waals surface area contributed by atoms with E-state index in [1.807, 2.05) is 26.0 Å². The second-order valence-electron chi connectivity index (χ2n) is 5.63. The van der Waals surface area contributed by atoms with Crippen LogP contribution in [0.25, 0.3) is 0 Å². The van der Waals surface area contributed by atoms with Crippen molar-refractivity contribution >= 4 is 17.6 Å². The summed E-state index contributed by atoms with van der Waals surface area (Å²) in [5, 5.41) is 12.0. The van der Waals surface area contributed by atoms with Crippen LogP contribution in [-0.2, 0) is 9.59 Å². The number of nitrogens with one attached hydrogen (secondary N) is 1. The van der Waals surface area contributed by atoms with Crippen LogP contribution >= 0.6 is 0 Å². The molecule has 21 heavy (non-hydrogen) atoms. The van der Waals surface area contributed by atoms with Gasteiger partial charge in [0, 0.05) is 0 Å². The number of benzene rings is 1. The molecular weight excluding hydrogens is 270 g/mol. The zero-order valence-corrected chi connectivity index (χ0v) is 12.3. The molecule has 0 radical (unpaired) electrons. The minimum absolute atomic E-state index is 0.00120. The summed E-state index contributed by atoms with van der Waals surface area (Å²) < 4.78 is 5.65. The fourth-order valence-corrected chi connectivity index (χ4v) is 2.72. The number of carbonyl (C=O) groups is 2. The van der Waals surface area contributed by atoms with E-state index in [0.29, 0.717) is 24.3 Å². The molecule has 1 aromatic carbocycles. The van der Waals surface area contributed by atoms with Crippen LogP contribution in [0, 0.1) is 11.8 Å². The van der Waals surface area contributed by atoms with Crippen LogP contribution in [0.3, 0.4) is 0 Å². The highest BCUT2D eigenvalue weighted by molar-refractivity contribution is 5.96. The molecule has 2 unspecified atom stereocenters. The Morgan fingerprint density at radius 1 is 1.24 bits per heavy atom. The van der Waals surface area contributed by atoms with Crippen molar-refractivity contribution < 1.29 is 19.4 Å². The summed E-state index contributed by atoms with van der Waals surface area (Å²) in [5.41, 5.74) is 0.590. The third-order valence-electron chi connectivity index (χ3n) is 3.68. The lowest BCUT2D eigenvalue weighted by Gasteiger charge is -2.18. The molecule has 5 nitrogen and oxygen atoms in total. The average molecular weight is 291 g/mol. The van der Waals surface area contributed by atoms with Crippen LogP contribution in [0.5, 0.6) is 5.75 Å². The Kier molecular flexibility index (Phi) is 4.83. The van der Waals surface area contributed by atoms with Gasteiger partial charge in [-0.15, -0.1) is 0 Å². The first kappa shape index (κ1) is 15.4. The van der Waals surface area contributed by atoms with Gasteiger partial charge in [-0.3, -0.25) is 9.59 Å². The maximum absolute atomic E-state index is 12.3. The number of anilines is 1. The first-order valence-electron chi connectivity index (χ1n) is 7.28. The van der Waals surface area contributed by atoms with Crippen LogP contribution in [0.2, 0.25) is 0 Å². The van der Waals surface area contributed by atoms with Crippen molar-refractivity contribution in [2.75, 3.05) is 5.32 Å². The number of carboxylic acids is 1. The molecule has 1 aliphatic carbocycles. The van der Waals surface area contributed by atoms with Crippen LogP contribution in [-0.4, -0.2) is 23.1 Å². The number of rotatable bonds is 5. The molecule has 2 N–H and O–H groups in total. The number of carbonyl (C=O) groups excluding carboxylic acids is 1. The van der Waals surface area contributed by atoms with Crippen LogP contribution in [0.1, 0.15) is 33.1 Å². The summed E-state index contributed by atoms with van der Waals surface area (Å²) in [6.45, 7) is 3.83. The molecule has 1 saturated carbocycles. The number of ether oxygens (including phenoxy) is 1. The lowest BCUT2D eigenvalue weighted by Crippen LogP contribution is -2.30. The highest BCUT2D eigenvalue weighted by Crippen LogP contribution is 2.34. The summed E-state index contributed by atoms with van der Waals surface area (Å²) in [6.07, 6.45) is 1.97. The van der Waals surface area contributed by atoms with Crippen molar-refractivity contribution in [1.29, 1.82) is 0 Å². The van der Waals surface area contributed by atoms with Gasteiger partial charge in [-0.1, -0.05) is 18.6 Å². The highest BCUT2D eigenvalue weighted by atomic mass is 16.5. The smallest absolute Gasteiger partial charge is 0.307 e. The minimum Gasteiger partial charge on any atom is -0.489 e. The van der Waals surface area contributed by atoms with Gasteiger partial charge in [0.1, 0.15) is 5.75 Å². The molecule has 2 atom stereocenters. The first-order chi connectivity index (χ1) is 9.99. The summed E-state index contributed by atoms with van der Waals surface area (Å²) >= 11 is 0. The van der Waals surface area contributed by atoms with Crippen LogP contribution in [0.15, 0.2) is 24.3 Å². The van der Waals surface area contributed by atoms with Gasteiger partial charge in [-0.2, -0.15) is 0 Å². The topological polar surface area (TPSA) is 75.6 Å². The van der Waals surface area contributed by atoms with E-state index < -0.39 is 17.8 Å². The zero-order valence-electron chi connectivity index (χ0n) is 12.3. The normalized spacial score (nSPS) is 21.3. The number of aliphatic carboxylic acids is 1. The SMILES string of the molecule is CC(C)Oc1ccccc1NC(=O)C1CCCC1C(=O)O. The number of hydrogen-bond acceptors (Lipinski definition) is 3. The molecule has 0 spiro atoms. The number of para-hydroxylation sites is 2. The van der Waals surface area contributed by atoms with Gasteiger partial charge in [0.15, 0.2) is 0 Å². The number of hydrogen-bond donors (Lipinski definition) is 2. The Bertz CT molecular complexity index is 527. The van der Waals surface area contributed by atoms with Gasteiger partial charge in [0.25, 0.3) is 0 Å². The lowest BCUT2D eigenvalue weighted by atomic mass is 9.95. The Labute approximate surface area is 124 Å². The molecule has 1 amide bonds. The van der Waals surface area contributed by atoms with Crippen LogP contribution < -0.4 is 10.1 Å². The van der Waals surface area contributed by atoms with E-state index in [9.17, 15) is 9.59 Å². The van der Waals surface area contributed by atoms with Crippen molar-refractivity contribution in [1.82, 2.24) is 0 Å². The number of carboxylic acid groups (broad SMARTS) is 1. The first-order valence-corrected chi connectivity index (χ1v) is 7.28. The molecule has 0 saturated heterocycles. The zero-order chi connectivity index (χ0) is 15.4. The molecule has 1 fully saturated rings. The third kappa shape index (κ3) is 3.74. The fraction of sp³-hybridized carbons (Fsp3) is 0.500. The maximum Gasteiger partial charge on any atom is 0.307 e. The summed E-state index contributed by atoms with van der Waals surface area (Å²) in [4.78, 5) is 23.5. The van der Waals surface area contributed by atoms with Gasteiger partial charge in [0.2, 0.25) is 5.91 Å².